The van der Waals surface area contributed by atoms with Gasteiger partial charge in [0.25, 0.3) is 5.91 Å². The lowest BCUT2D eigenvalue weighted by Crippen LogP contribution is -2.35. The third-order valence-electron chi connectivity index (χ3n) is 3.89. The molecule has 100 valence electrons. The van der Waals surface area contributed by atoms with Crippen molar-refractivity contribution in [3.8, 4) is 0 Å². The summed E-state index contributed by atoms with van der Waals surface area (Å²) in [5.41, 5.74) is 1.04. The Balaban J connectivity index is 1.87. The molecule has 0 saturated heterocycles. The third kappa shape index (κ3) is 3.12. The van der Waals surface area contributed by atoms with Crippen LogP contribution < -0.4 is 5.32 Å². The van der Waals surface area contributed by atoms with Gasteiger partial charge in [-0.3, -0.25) is 4.79 Å². The van der Waals surface area contributed by atoms with Crippen molar-refractivity contribution in [2.45, 2.75) is 32.6 Å². The first kappa shape index (κ1) is 13.6. The van der Waals surface area contributed by atoms with E-state index in [1.165, 1.54) is 24.2 Å². The summed E-state index contributed by atoms with van der Waals surface area (Å²) in [5.74, 6) is 0.834. The van der Waals surface area contributed by atoms with Gasteiger partial charge < -0.3 is 10.4 Å². The zero-order valence-corrected chi connectivity index (χ0v) is 11.6. The maximum absolute atomic E-state index is 12.0. The van der Waals surface area contributed by atoms with Gasteiger partial charge in [-0.05, 0) is 48.6 Å². The molecule has 0 bridgehead atoms. The maximum atomic E-state index is 12.0. The number of nitrogens with one attached hydrogen (secondary N) is 1. The Morgan fingerprint density at radius 3 is 2.78 bits per heavy atom. The van der Waals surface area contributed by atoms with Crippen molar-refractivity contribution in [2.24, 2.45) is 11.8 Å². The summed E-state index contributed by atoms with van der Waals surface area (Å²) >= 11 is 1.49. The number of hydrogen-bond acceptors (Lipinski definition) is 3. The monoisotopic (exact) mass is 267 g/mol. The molecule has 1 aliphatic rings. The number of aliphatic hydroxyl groups is 1. The Labute approximate surface area is 112 Å². The Hall–Kier alpha value is -0.870. The molecular formula is C14H21NO2S. The molecule has 2 rings (SSSR count). The van der Waals surface area contributed by atoms with Crippen molar-refractivity contribution in [1.82, 2.24) is 5.32 Å². The Morgan fingerprint density at radius 1 is 1.44 bits per heavy atom. The standard InChI is InChI=1S/C14H21NO2S/c1-10-6-7-18-13(10)14(17)15-8-11-4-2-3-5-12(11)9-16/h6-7,11-12,16H,2-5,8-9H2,1H3,(H,15,17). The fourth-order valence-electron chi connectivity index (χ4n) is 2.70. The lowest BCUT2D eigenvalue weighted by molar-refractivity contribution is 0.0912. The van der Waals surface area contributed by atoms with E-state index >= 15 is 0 Å². The van der Waals surface area contributed by atoms with Crippen molar-refractivity contribution in [2.75, 3.05) is 13.2 Å². The average molecular weight is 267 g/mol. The normalized spacial score (nSPS) is 23.9. The summed E-state index contributed by atoms with van der Waals surface area (Å²) in [7, 11) is 0. The quantitative estimate of drug-likeness (QED) is 0.881. The molecule has 2 unspecified atom stereocenters. The first-order chi connectivity index (χ1) is 8.72. The second-order valence-corrected chi connectivity index (χ2v) is 6.05. The van der Waals surface area contributed by atoms with Crippen LogP contribution in [0.15, 0.2) is 11.4 Å². The van der Waals surface area contributed by atoms with Crippen LogP contribution in [0.4, 0.5) is 0 Å². The smallest absolute Gasteiger partial charge is 0.261 e. The van der Waals surface area contributed by atoms with E-state index in [-0.39, 0.29) is 12.5 Å². The molecule has 1 aromatic heterocycles. The summed E-state index contributed by atoms with van der Waals surface area (Å²) in [6.07, 6.45) is 4.64. The fraction of sp³-hybridized carbons (Fsp3) is 0.643. The highest BCUT2D eigenvalue weighted by Gasteiger charge is 2.25. The van der Waals surface area contributed by atoms with Crippen LogP contribution in [0.3, 0.4) is 0 Å². The predicted molar refractivity (Wildman–Crippen MR) is 73.9 cm³/mol. The molecule has 0 spiro atoms. The Bertz CT molecular complexity index is 402. The average Bonchev–Trinajstić information content (AvgIpc) is 2.82. The van der Waals surface area contributed by atoms with Gasteiger partial charge in [-0.2, -0.15) is 0 Å². The highest BCUT2D eigenvalue weighted by Crippen LogP contribution is 2.29. The highest BCUT2D eigenvalue weighted by atomic mass is 32.1. The van der Waals surface area contributed by atoms with Gasteiger partial charge in [0.15, 0.2) is 0 Å². The molecule has 2 atom stereocenters. The van der Waals surface area contributed by atoms with E-state index in [2.05, 4.69) is 5.32 Å². The number of carbonyl (C=O) groups is 1. The van der Waals surface area contributed by atoms with Crippen LogP contribution in [0, 0.1) is 18.8 Å². The van der Waals surface area contributed by atoms with Gasteiger partial charge in [0, 0.05) is 13.2 Å². The molecule has 1 heterocycles. The fourth-order valence-corrected chi connectivity index (χ4v) is 3.54. The minimum Gasteiger partial charge on any atom is -0.396 e. The summed E-state index contributed by atoms with van der Waals surface area (Å²) in [4.78, 5) is 12.8. The van der Waals surface area contributed by atoms with Crippen molar-refractivity contribution in [1.29, 1.82) is 0 Å². The molecular weight excluding hydrogens is 246 g/mol. The van der Waals surface area contributed by atoms with Gasteiger partial charge in [0.05, 0.1) is 4.88 Å². The second kappa shape index (κ2) is 6.34. The predicted octanol–water partition coefficient (Wildman–Crippen LogP) is 2.59. The number of hydrogen-bond donors (Lipinski definition) is 2. The summed E-state index contributed by atoms with van der Waals surface area (Å²) in [6.45, 7) is 2.91. The SMILES string of the molecule is Cc1ccsc1C(=O)NCC1CCCCC1CO. The summed E-state index contributed by atoms with van der Waals surface area (Å²) in [5, 5.41) is 14.3. The van der Waals surface area contributed by atoms with Gasteiger partial charge >= 0.3 is 0 Å². The van der Waals surface area contributed by atoms with Gasteiger partial charge in [-0.25, -0.2) is 0 Å². The van der Waals surface area contributed by atoms with E-state index < -0.39 is 0 Å². The van der Waals surface area contributed by atoms with Crippen LogP contribution in [0.5, 0.6) is 0 Å². The molecule has 0 radical (unpaired) electrons. The molecule has 0 aliphatic heterocycles. The van der Waals surface area contributed by atoms with E-state index in [0.29, 0.717) is 18.4 Å². The molecule has 1 aromatic rings. The molecule has 1 aliphatic carbocycles. The first-order valence-corrected chi connectivity index (χ1v) is 7.53. The first-order valence-electron chi connectivity index (χ1n) is 6.65. The van der Waals surface area contributed by atoms with Crippen molar-refractivity contribution < 1.29 is 9.90 Å². The van der Waals surface area contributed by atoms with Crippen LogP contribution >= 0.6 is 11.3 Å². The lowest BCUT2D eigenvalue weighted by atomic mass is 9.79. The van der Waals surface area contributed by atoms with Crippen molar-refractivity contribution in [3.63, 3.8) is 0 Å². The zero-order valence-electron chi connectivity index (χ0n) is 10.8. The van der Waals surface area contributed by atoms with Gasteiger partial charge in [0.1, 0.15) is 0 Å². The van der Waals surface area contributed by atoms with E-state index in [1.807, 2.05) is 18.4 Å². The van der Waals surface area contributed by atoms with Gasteiger partial charge in [-0.1, -0.05) is 12.8 Å². The maximum Gasteiger partial charge on any atom is 0.261 e. The van der Waals surface area contributed by atoms with Crippen LogP contribution in [0.1, 0.15) is 40.9 Å². The van der Waals surface area contributed by atoms with Crippen molar-refractivity contribution >= 4 is 17.2 Å². The van der Waals surface area contributed by atoms with Crippen LogP contribution in [0.25, 0.3) is 0 Å². The van der Waals surface area contributed by atoms with E-state index in [9.17, 15) is 9.90 Å². The molecule has 3 nitrogen and oxygen atoms in total. The molecule has 18 heavy (non-hydrogen) atoms. The molecule has 4 heteroatoms. The van der Waals surface area contributed by atoms with Gasteiger partial charge in [0.2, 0.25) is 0 Å². The number of amides is 1. The topological polar surface area (TPSA) is 49.3 Å². The second-order valence-electron chi connectivity index (χ2n) is 5.13. The van der Waals surface area contributed by atoms with Crippen molar-refractivity contribution in [3.05, 3.63) is 21.9 Å². The summed E-state index contributed by atoms with van der Waals surface area (Å²) < 4.78 is 0. The molecule has 1 saturated carbocycles. The number of aryl methyl sites for hydroxylation is 1. The minimum atomic E-state index is 0.0322. The molecule has 0 aromatic carbocycles. The van der Waals surface area contributed by atoms with E-state index in [0.717, 1.165) is 23.3 Å². The van der Waals surface area contributed by atoms with Crippen LogP contribution in [-0.2, 0) is 0 Å². The van der Waals surface area contributed by atoms with Crippen LogP contribution in [-0.4, -0.2) is 24.2 Å². The highest BCUT2D eigenvalue weighted by molar-refractivity contribution is 7.12. The number of thiophene rings is 1. The van der Waals surface area contributed by atoms with E-state index in [4.69, 9.17) is 0 Å². The Kier molecular flexibility index (Phi) is 4.78. The molecule has 2 N–H and O–H groups in total. The summed E-state index contributed by atoms with van der Waals surface area (Å²) in [6, 6.07) is 1.97. The Morgan fingerprint density at radius 2 is 2.17 bits per heavy atom. The minimum absolute atomic E-state index is 0.0322. The van der Waals surface area contributed by atoms with Gasteiger partial charge in [-0.15, -0.1) is 11.3 Å². The number of aliphatic hydroxyl groups excluding tert-OH is 1. The number of carbonyl (C=O) groups excluding carboxylic acids is 1. The van der Waals surface area contributed by atoms with E-state index in [1.54, 1.807) is 0 Å². The zero-order chi connectivity index (χ0) is 13.0. The lowest BCUT2D eigenvalue weighted by Gasteiger charge is -2.30. The molecule has 1 amide bonds. The largest absolute Gasteiger partial charge is 0.396 e. The number of rotatable bonds is 4. The third-order valence-corrected chi connectivity index (χ3v) is 4.91. The van der Waals surface area contributed by atoms with Crippen LogP contribution in [0.2, 0.25) is 0 Å². The molecule has 1 fully saturated rings.